The molecule has 13 nitrogen and oxygen atoms in total. The summed E-state index contributed by atoms with van der Waals surface area (Å²) >= 11 is 0. The highest BCUT2D eigenvalue weighted by Gasteiger charge is 2.39. The summed E-state index contributed by atoms with van der Waals surface area (Å²) < 4.78 is 5.70. The average molecular weight is 662 g/mol. The smallest absolute Gasteiger partial charge is 0.258 e. The lowest BCUT2D eigenvalue weighted by atomic mass is 10.0. The van der Waals surface area contributed by atoms with E-state index in [-0.39, 0.29) is 36.8 Å². The Bertz CT molecular complexity index is 1450. The minimum absolute atomic E-state index is 0.0453. The summed E-state index contributed by atoms with van der Waals surface area (Å²) in [7, 11) is 0. The number of carbonyl (C=O) groups excluding carboxylic acids is 5. The van der Waals surface area contributed by atoms with E-state index >= 15 is 0 Å². The van der Waals surface area contributed by atoms with Crippen LogP contribution in [0.25, 0.3) is 0 Å². The van der Waals surface area contributed by atoms with Gasteiger partial charge in [0.1, 0.15) is 29.9 Å². The van der Waals surface area contributed by atoms with Crippen molar-refractivity contribution in [3.63, 3.8) is 0 Å². The predicted molar refractivity (Wildman–Crippen MR) is 177 cm³/mol. The lowest BCUT2D eigenvalue weighted by Crippen LogP contribution is -2.58. The maximum atomic E-state index is 13.7. The summed E-state index contributed by atoms with van der Waals surface area (Å²) in [6.45, 7) is 7.72. The maximum absolute atomic E-state index is 13.7. The molecule has 0 spiro atoms. The zero-order chi connectivity index (χ0) is 34.2. The van der Waals surface area contributed by atoms with Crippen LogP contribution in [0.1, 0.15) is 57.6 Å². The van der Waals surface area contributed by atoms with Gasteiger partial charge in [0.15, 0.2) is 6.61 Å². The molecule has 0 unspecified atom stereocenters. The van der Waals surface area contributed by atoms with Crippen LogP contribution in [0.15, 0.2) is 48.8 Å². The van der Waals surface area contributed by atoms with Crippen molar-refractivity contribution in [3.05, 3.63) is 59.9 Å². The molecule has 0 saturated carbocycles. The molecular weight excluding hydrogens is 614 g/mol. The average Bonchev–Trinajstić information content (AvgIpc) is 3.57. The number of amides is 5. The van der Waals surface area contributed by atoms with Gasteiger partial charge in [-0.3, -0.25) is 33.9 Å². The van der Waals surface area contributed by atoms with E-state index in [1.165, 1.54) is 4.90 Å². The van der Waals surface area contributed by atoms with Crippen LogP contribution in [-0.2, 0) is 36.9 Å². The molecule has 4 atom stereocenters. The normalized spacial score (nSPS) is 25.2. The van der Waals surface area contributed by atoms with Crippen molar-refractivity contribution in [2.24, 2.45) is 5.92 Å². The Labute approximate surface area is 281 Å². The largest absolute Gasteiger partial charge is 0.484 e. The van der Waals surface area contributed by atoms with E-state index in [1.807, 2.05) is 26.1 Å². The van der Waals surface area contributed by atoms with Crippen LogP contribution in [0, 0.1) is 5.92 Å². The molecule has 1 aromatic carbocycles. The zero-order valence-corrected chi connectivity index (χ0v) is 27.9. The van der Waals surface area contributed by atoms with Crippen LogP contribution in [-0.4, -0.2) is 101 Å². The SMILES string of the molecule is CC(C)[C@H]1NC(=O)COc2ccc(cc2)C[C@H](C(=O)NC2CCN(Cc3cccnc3)CC2)NC(=O)[C@H](C)NC(=O)[C@@H]2CCCN2C1=O. The van der Waals surface area contributed by atoms with Gasteiger partial charge in [0.05, 0.1) is 0 Å². The van der Waals surface area contributed by atoms with Gasteiger partial charge in [-0.2, -0.15) is 0 Å². The van der Waals surface area contributed by atoms with Crippen LogP contribution in [0.2, 0.25) is 0 Å². The summed E-state index contributed by atoms with van der Waals surface area (Å²) in [4.78, 5) is 74.9. The molecule has 0 aliphatic carbocycles. The fraction of sp³-hybridized carbons (Fsp3) is 0.543. The van der Waals surface area contributed by atoms with Gasteiger partial charge in [0.25, 0.3) is 5.91 Å². The van der Waals surface area contributed by atoms with Crippen molar-refractivity contribution in [3.8, 4) is 5.75 Å². The standard InChI is InChI=1S/C35H47N7O6/c1-22(2)31-35(47)42-15-5-7-29(42)34(46)37-23(3)32(44)39-28(18-24-8-10-27(11-9-24)48-21-30(43)40-31)33(45)38-26-12-16-41(17-13-26)20-25-6-4-14-36-19-25/h4,6,8-11,14,19,22-23,26,28-29,31H,5,7,12-13,15-18,20-21H2,1-3H3,(H,37,46)(H,38,45)(H,39,44)(H,40,43)/t23-,28+,29-,31+/m0/s1. The third-order valence-corrected chi connectivity index (χ3v) is 9.27. The lowest BCUT2D eigenvalue weighted by molar-refractivity contribution is -0.143. The fourth-order valence-electron chi connectivity index (χ4n) is 6.48. The van der Waals surface area contributed by atoms with Gasteiger partial charge >= 0.3 is 0 Å². The first-order valence-corrected chi connectivity index (χ1v) is 16.9. The van der Waals surface area contributed by atoms with E-state index < -0.39 is 41.9 Å². The first kappa shape index (κ1) is 34.8. The third-order valence-electron chi connectivity index (χ3n) is 9.27. The number of piperidine rings is 1. The molecule has 258 valence electrons. The number of aromatic nitrogens is 1. The molecule has 4 N–H and O–H groups in total. The molecule has 4 aliphatic heterocycles. The van der Waals surface area contributed by atoms with Gasteiger partial charge in [-0.25, -0.2) is 0 Å². The molecule has 1 aromatic heterocycles. The predicted octanol–water partition coefficient (Wildman–Crippen LogP) is 0.919. The summed E-state index contributed by atoms with van der Waals surface area (Å²) in [6, 6.07) is 7.42. The van der Waals surface area contributed by atoms with Crippen molar-refractivity contribution in [1.29, 1.82) is 0 Å². The van der Waals surface area contributed by atoms with Crippen molar-refractivity contribution in [2.45, 2.75) is 89.6 Å². The highest BCUT2D eigenvalue weighted by Crippen LogP contribution is 2.21. The molecule has 4 aliphatic rings. The van der Waals surface area contributed by atoms with Crippen LogP contribution >= 0.6 is 0 Å². The number of hydrogen-bond acceptors (Lipinski definition) is 8. The molecule has 6 rings (SSSR count). The number of carbonyl (C=O) groups is 5. The van der Waals surface area contributed by atoms with Crippen molar-refractivity contribution < 1.29 is 28.7 Å². The van der Waals surface area contributed by atoms with E-state index in [9.17, 15) is 24.0 Å². The summed E-state index contributed by atoms with van der Waals surface area (Å²) in [5.41, 5.74) is 1.92. The van der Waals surface area contributed by atoms with Gasteiger partial charge in [0, 0.05) is 51.0 Å². The fourth-order valence-corrected chi connectivity index (χ4v) is 6.48. The minimum atomic E-state index is -0.959. The Morgan fingerprint density at radius 2 is 1.73 bits per heavy atom. The number of benzene rings is 1. The second kappa shape index (κ2) is 16.1. The van der Waals surface area contributed by atoms with Gasteiger partial charge in [-0.05, 0) is 67.9 Å². The Hall–Kier alpha value is -4.52. The first-order chi connectivity index (χ1) is 23.1. The maximum Gasteiger partial charge on any atom is 0.258 e. The quantitative estimate of drug-likeness (QED) is 0.368. The molecule has 0 radical (unpaired) electrons. The van der Waals surface area contributed by atoms with E-state index in [2.05, 4.69) is 37.2 Å². The number of likely N-dealkylation sites (tertiary alicyclic amines) is 1. The number of nitrogens with zero attached hydrogens (tertiary/aromatic N) is 3. The van der Waals surface area contributed by atoms with E-state index in [0.717, 1.165) is 43.6 Å². The number of rotatable bonds is 5. The van der Waals surface area contributed by atoms with E-state index in [4.69, 9.17) is 4.74 Å². The molecule has 2 bridgehead atoms. The van der Waals surface area contributed by atoms with E-state index in [0.29, 0.717) is 25.1 Å². The monoisotopic (exact) mass is 661 g/mol. The Morgan fingerprint density at radius 3 is 2.42 bits per heavy atom. The first-order valence-electron chi connectivity index (χ1n) is 16.9. The molecule has 48 heavy (non-hydrogen) atoms. The van der Waals surface area contributed by atoms with Crippen LogP contribution in [0.4, 0.5) is 0 Å². The third kappa shape index (κ3) is 9.09. The van der Waals surface area contributed by atoms with Crippen molar-refractivity contribution in [1.82, 2.24) is 36.1 Å². The molecule has 5 amide bonds. The summed E-state index contributed by atoms with van der Waals surface area (Å²) in [5.74, 6) is -1.84. The summed E-state index contributed by atoms with van der Waals surface area (Å²) in [5, 5.41) is 11.5. The number of nitrogens with one attached hydrogen (secondary N) is 4. The van der Waals surface area contributed by atoms with Gasteiger partial charge in [0.2, 0.25) is 23.6 Å². The number of hydrogen-bond donors (Lipinski definition) is 4. The van der Waals surface area contributed by atoms with Gasteiger partial charge in [-0.15, -0.1) is 0 Å². The van der Waals surface area contributed by atoms with E-state index in [1.54, 1.807) is 37.4 Å². The number of pyridine rings is 1. The Kier molecular flexibility index (Phi) is 11.6. The van der Waals surface area contributed by atoms with Crippen molar-refractivity contribution >= 4 is 29.5 Å². The molecular formula is C35H47N7O6. The molecule has 2 fully saturated rings. The van der Waals surface area contributed by atoms with Crippen LogP contribution in [0.5, 0.6) is 5.75 Å². The molecule has 2 saturated heterocycles. The number of fused-ring (bicyclic) bond motifs is 13. The second-order valence-electron chi connectivity index (χ2n) is 13.3. The van der Waals surface area contributed by atoms with Crippen LogP contribution in [0.3, 0.4) is 0 Å². The lowest BCUT2D eigenvalue weighted by Gasteiger charge is -2.33. The van der Waals surface area contributed by atoms with Crippen LogP contribution < -0.4 is 26.0 Å². The van der Waals surface area contributed by atoms with Crippen molar-refractivity contribution in [2.75, 3.05) is 26.2 Å². The number of ether oxygens (including phenoxy) is 1. The summed E-state index contributed by atoms with van der Waals surface area (Å²) in [6.07, 6.45) is 6.42. The Balaban J connectivity index is 1.29. The molecule has 5 heterocycles. The highest BCUT2D eigenvalue weighted by molar-refractivity contribution is 5.96. The molecule has 2 aromatic rings. The van der Waals surface area contributed by atoms with Gasteiger partial charge in [-0.1, -0.05) is 32.0 Å². The highest BCUT2D eigenvalue weighted by atomic mass is 16.5. The topological polar surface area (TPSA) is 162 Å². The minimum Gasteiger partial charge on any atom is -0.484 e. The van der Waals surface area contributed by atoms with Gasteiger partial charge < -0.3 is 30.9 Å². The Morgan fingerprint density at radius 1 is 0.979 bits per heavy atom. The zero-order valence-electron chi connectivity index (χ0n) is 27.9. The molecule has 13 heteroatoms. The second-order valence-corrected chi connectivity index (χ2v) is 13.3.